The highest BCUT2D eigenvalue weighted by atomic mass is 16.6. The van der Waals surface area contributed by atoms with Gasteiger partial charge >= 0.3 is 6.09 Å². The van der Waals surface area contributed by atoms with Gasteiger partial charge in [0.2, 0.25) is 0 Å². The summed E-state index contributed by atoms with van der Waals surface area (Å²) >= 11 is 0. The summed E-state index contributed by atoms with van der Waals surface area (Å²) in [6.07, 6.45) is 4.17. The summed E-state index contributed by atoms with van der Waals surface area (Å²) in [5, 5.41) is 3.05. The molecule has 1 N–H and O–H groups in total. The van der Waals surface area contributed by atoms with Crippen molar-refractivity contribution in [1.82, 2.24) is 5.32 Å². The molecule has 0 heterocycles. The Morgan fingerprint density at radius 2 is 1.64 bits per heavy atom. The Balaban J connectivity index is 1.77. The van der Waals surface area contributed by atoms with Gasteiger partial charge in [-0.15, -0.1) is 0 Å². The molecule has 0 unspecified atom stereocenters. The minimum atomic E-state index is -0.469. The molecule has 0 aliphatic heterocycles. The lowest BCUT2D eigenvalue weighted by molar-refractivity contribution is -0.00451. The van der Waals surface area contributed by atoms with Crippen molar-refractivity contribution in [3.8, 4) is 0 Å². The summed E-state index contributed by atoms with van der Waals surface area (Å²) in [5.41, 5.74) is 0.479. The SMILES string of the molecule is CC(C)(C)OC(=O)NC(C)(C)C1CCC(OCc2ccccc2)CC1. The normalized spacial score (nSPS) is 21.6. The van der Waals surface area contributed by atoms with Crippen molar-refractivity contribution >= 4 is 6.09 Å². The molecule has 0 atom stereocenters. The maximum Gasteiger partial charge on any atom is 0.408 e. The van der Waals surface area contributed by atoms with Crippen LogP contribution in [-0.4, -0.2) is 23.3 Å². The number of carbonyl (C=O) groups excluding carboxylic acids is 1. The Morgan fingerprint density at radius 3 is 2.20 bits per heavy atom. The van der Waals surface area contributed by atoms with Crippen LogP contribution < -0.4 is 5.32 Å². The molecule has 1 aliphatic rings. The van der Waals surface area contributed by atoms with Crippen molar-refractivity contribution in [3.63, 3.8) is 0 Å². The quantitative estimate of drug-likeness (QED) is 0.809. The molecule has 2 rings (SSSR count). The van der Waals surface area contributed by atoms with Crippen LogP contribution in [0.1, 0.15) is 65.9 Å². The fourth-order valence-corrected chi connectivity index (χ4v) is 3.41. The summed E-state index contributed by atoms with van der Waals surface area (Å²) in [5.74, 6) is 0.441. The summed E-state index contributed by atoms with van der Waals surface area (Å²) in [6.45, 7) is 10.5. The monoisotopic (exact) mass is 347 g/mol. The molecule has 4 nitrogen and oxygen atoms in total. The van der Waals surface area contributed by atoms with Gasteiger partial charge in [-0.1, -0.05) is 30.3 Å². The van der Waals surface area contributed by atoms with Crippen LogP contribution in [0.5, 0.6) is 0 Å². The Labute approximate surface area is 152 Å². The zero-order chi connectivity index (χ0) is 18.5. The Bertz CT molecular complexity index is 540. The highest BCUT2D eigenvalue weighted by molar-refractivity contribution is 5.68. The van der Waals surface area contributed by atoms with E-state index in [-0.39, 0.29) is 11.6 Å². The van der Waals surface area contributed by atoms with Gasteiger partial charge in [0.25, 0.3) is 0 Å². The molecule has 1 aromatic rings. The van der Waals surface area contributed by atoms with Gasteiger partial charge in [-0.05, 0) is 71.8 Å². The molecule has 140 valence electrons. The van der Waals surface area contributed by atoms with Crippen LogP contribution >= 0.6 is 0 Å². The van der Waals surface area contributed by atoms with Gasteiger partial charge in [0, 0.05) is 5.54 Å². The summed E-state index contributed by atoms with van der Waals surface area (Å²) in [7, 11) is 0. The molecule has 0 aromatic heterocycles. The first-order chi connectivity index (χ1) is 11.7. The second kappa shape index (κ2) is 8.22. The number of carbonyl (C=O) groups is 1. The third-order valence-corrected chi connectivity index (χ3v) is 4.85. The number of rotatable bonds is 5. The lowest BCUT2D eigenvalue weighted by Crippen LogP contribution is -2.51. The predicted octanol–water partition coefficient (Wildman–Crippen LogP) is 5.07. The molecular weight excluding hydrogens is 314 g/mol. The smallest absolute Gasteiger partial charge is 0.408 e. The van der Waals surface area contributed by atoms with Crippen molar-refractivity contribution in [2.45, 2.75) is 84.2 Å². The standard InChI is InChI=1S/C21H33NO3/c1-20(2,3)25-19(23)22-21(4,5)17-11-13-18(14-12-17)24-15-16-9-7-6-8-10-16/h6-10,17-18H,11-15H2,1-5H3,(H,22,23). The summed E-state index contributed by atoms with van der Waals surface area (Å²) in [6, 6.07) is 10.3. The minimum Gasteiger partial charge on any atom is -0.444 e. The van der Waals surface area contributed by atoms with Crippen LogP contribution in [-0.2, 0) is 16.1 Å². The van der Waals surface area contributed by atoms with Gasteiger partial charge in [0.15, 0.2) is 0 Å². The largest absolute Gasteiger partial charge is 0.444 e. The second-order valence-electron chi connectivity index (χ2n) is 8.62. The molecule has 1 saturated carbocycles. The zero-order valence-corrected chi connectivity index (χ0v) is 16.3. The van der Waals surface area contributed by atoms with E-state index >= 15 is 0 Å². The van der Waals surface area contributed by atoms with Gasteiger partial charge in [0.1, 0.15) is 5.60 Å². The van der Waals surface area contributed by atoms with Gasteiger partial charge in [0.05, 0.1) is 12.7 Å². The summed E-state index contributed by atoms with van der Waals surface area (Å²) < 4.78 is 11.5. The molecule has 0 saturated heterocycles. The number of hydrogen-bond acceptors (Lipinski definition) is 3. The molecule has 1 amide bonds. The van der Waals surface area contributed by atoms with Crippen LogP contribution in [0.2, 0.25) is 0 Å². The van der Waals surface area contributed by atoms with Crippen LogP contribution in [0, 0.1) is 5.92 Å². The molecule has 25 heavy (non-hydrogen) atoms. The van der Waals surface area contributed by atoms with E-state index in [9.17, 15) is 4.79 Å². The first kappa shape index (κ1) is 19.8. The number of hydrogen-bond donors (Lipinski definition) is 1. The molecule has 0 bridgehead atoms. The second-order valence-corrected chi connectivity index (χ2v) is 8.62. The molecule has 4 heteroatoms. The highest BCUT2D eigenvalue weighted by Gasteiger charge is 2.35. The zero-order valence-electron chi connectivity index (χ0n) is 16.3. The van der Waals surface area contributed by atoms with Gasteiger partial charge in [-0.3, -0.25) is 0 Å². The van der Waals surface area contributed by atoms with Crippen LogP contribution in [0.25, 0.3) is 0 Å². The first-order valence-electron chi connectivity index (χ1n) is 9.32. The van der Waals surface area contributed by atoms with Crippen molar-refractivity contribution in [3.05, 3.63) is 35.9 Å². The number of amides is 1. The Kier molecular flexibility index (Phi) is 6.50. The predicted molar refractivity (Wildman–Crippen MR) is 100 cm³/mol. The molecule has 0 radical (unpaired) electrons. The van der Waals surface area contributed by atoms with Gasteiger partial charge in [-0.25, -0.2) is 4.79 Å². The van der Waals surface area contributed by atoms with Crippen LogP contribution in [0.4, 0.5) is 4.79 Å². The fourth-order valence-electron chi connectivity index (χ4n) is 3.41. The minimum absolute atomic E-state index is 0.271. The van der Waals surface area contributed by atoms with Crippen molar-refractivity contribution in [1.29, 1.82) is 0 Å². The molecular formula is C21H33NO3. The third kappa shape index (κ3) is 6.69. The Hall–Kier alpha value is -1.55. The topological polar surface area (TPSA) is 47.6 Å². The number of nitrogens with one attached hydrogen (secondary N) is 1. The van der Waals surface area contributed by atoms with E-state index in [2.05, 4.69) is 31.3 Å². The van der Waals surface area contributed by atoms with Crippen LogP contribution in [0.3, 0.4) is 0 Å². The van der Waals surface area contributed by atoms with E-state index < -0.39 is 5.60 Å². The van der Waals surface area contributed by atoms with Crippen molar-refractivity contribution in [2.75, 3.05) is 0 Å². The van der Waals surface area contributed by atoms with Gasteiger partial charge < -0.3 is 14.8 Å². The first-order valence-corrected chi connectivity index (χ1v) is 9.32. The Morgan fingerprint density at radius 1 is 1.04 bits per heavy atom. The van der Waals surface area contributed by atoms with E-state index in [0.717, 1.165) is 25.7 Å². The molecule has 1 fully saturated rings. The molecule has 1 aliphatic carbocycles. The van der Waals surface area contributed by atoms with E-state index in [4.69, 9.17) is 9.47 Å². The lowest BCUT2D eigenvalue weighted by atomic mass is 9.76. The molecule has 0 spiro atoms. The number of ether oxygens (including phenoxy) is 2. The number of benzene rings is 1. The highest BCUT2D eigenvalue weighted by Crippen LogP contribution is 2.34. The van der Waals surface area contributed by atoms with E-state index in [1.165, 1.54) is 5.56 Å². The van der Waals surface area contributed by atoms with E-state index in [1.807, 2.05) is 39.0 Å². The molecule has 1 aromatic carbocycles. The van der Waals surface area contributed by atoms with Crippen molar-refractivity contribution in [2.24, 2.45) is 5.92 Å². The summed E-state index contributed by atoms with van der Waals surface area (Å²) in [4.78, 5) is 12.1. The van der Waals surface area contributed by atoms with Gasteiger partial charge in [-0.2, -0.15) is 0 Å². The van der Waals surface area contributed by atoms with E-state index in [1.54, 1.807) is 0 Å². The number of alkyl carbamates (subject to hydrolysis) is 1. The maximum absolute atomic E-state index is 12.1. The average Bonchev–Trinajstić information content (AvgIpc) is 2.52. The fraction of sp³-hybridized carbons (Fsp3) is 0.667. The third-order valence-electron chi connectivity index (χ3n) is 4.85. The lowest BCUT2D eigenvalue weighted by Gasteiger charge is -2.40. The average molecular weight is 347 g/mol. The van der Waals surface area contributed by atoms with Crippen molar-refractivity contribution < 1.29 is 14.3 Å². The van der Waals surface area contributed by atoms with Crippen LogP contribution in [0.15, 0.2) is 30.3 Å². The maximum atomic E-state index is 12.1. The van der Waals surface area contributed by atoms with E-state index in [0.29, 0.717) is 18.6 Å².